The number of thiazole rings is 1. The summed E-state index contributed by atoms with van der Waals surface area (Å²) in [6.45, 7) is 2.00. The smallest absolute Gasteiger partial charge is 0.301 e. The summed E-state index contributed by atoms with van der Waals surface area (Å²) in [5.74, 6) is 0.409. The number of carbonyl (C=O) groups excluding carboxylic acids is 1. The van der Waals surface area contributed by atoms with Crippen molar-refractivity contribution in [2.75, 3.05) is 11.1 Å². The van der Waals surface area contributed by atoms with Crippen LogP contribution in [0.3, 0.4) is 0 Å². The van der Waals surface area contributed by atoms with Gasteiger partial charge in [-0.15, -0.1) is 21.5 Å². The summed E-state index contributed by atoms with van der Waals surface area (Å²) in [6.07, 6.45) is -2.78. The summed E-state index contributed by atoms with van der Waals surface area (Å²) in [5.41, 5.74) is 2.40. The topological polar surface area (TPSA) is 72.7 Å². The van der Waals surface area contributed by atoms with Gasteiger partial charge in [0.15, 0.2) is 16.1 Å². The molecule has 0 aliphatic rings. The standard InChI is InChI=1S/C28H21ClF3N5OS2/c1-17-7-5-6-10-23(17)37-25(18-8-3-2-4-9-18)35-36-27(37)39-16-24(38)34-26-33-15-21(40-26)14-19-13-20(28(30,31)32)11-12-22(19)29/h2-13,15H,14,16H2,1H3,(H,33,34,38). The molecule has 0 radical (unpaired) electrons. The molecule has 0 unspecified atom stereocenters. The molecule has 204 valence electrons. The van der Waals surface area contributed by atoms with Gasteiger partial charge in [0.05, 0.1) is 17.0 Å². The molecule has 0 aliphatic heterocycles. The van der Waals surface area contributed by atoms with E-state index >= 15 is 0 Å². The van der Waals surface area contributed by atoms with Crippen molar-refractivity contribution < 1.29 is 18.0 Å². The minimum absolute atomic E-state index is 0.0488. The molecule has 40 heavy (non-hydrogen) atoms. The van der Waals surface area contributed by atoms with Crippen molar-refractivity contribution in [3.63, 3.8) is 0 Å². The number of aryl methyl sites for hydroxylation is 1. The Balaban J connectivity index is 1.29. The molecule has 5 aromatic rings. The number of nitrogens with one attached hydrogen (secondary N) is 1. The highest BCUT2D eigenvalue weighted by atomic mass is 35.5. The third-order valence-corrected chi connectivity index (χ3v) is 8.10. The molecule has 12 heteroatoms. The van der Waals surface area contributed by atoms with Crippen LogP contribution in [0.1, 0.15) is 21.6 Å². The SMILES string of the molecule is Cc1ccccc1-n1c(SCC(=O)Nc2ncc(Cc3cc(C(F)(F)F)ccc3Cl)s2)nnc1-c1ccccc1. The van der Waals surface area contributed by atoms with Crippen LogP contribution in [0, 0.1) is 6.92 Å². The maximum Gasteiger partial charge on any atom is 0.416 e. The van der Waals surface area contributed by atoms with Crippen LogP contribution in [0.2, 0.25) is 5.02 Å². The number of carbonyl (C=O) groups is 1. The minimum Gasteiger partial charge on any atom is -0.301 e. The van der Waals surface area contributed by atoms with E-state index in [1.54, 1.807) is 0 Å². The molecule has 0 atom stereocenters. The fourth-order valence-corrected chi connectivity index (χ4v) is 5.76. The number of aromatic nitrogens is 4. The van der Waals surface area contributed by atoms with Gasteiger partial charge in [-0.3, -0.25) is 9.36 Å². The van der Waals surface area contributed by atoms with Crippen LogP contribution >= 0.6 is 34.7 Å². The summed E-state index contributed by atoms with van der Waals surface area (Å²) < 4.78 is 41.2. The van der Waals surface area contributed by atoms with Crippen LogP contribution in [0.15, 0.2) is 84.1 Å². The number of benzene rings is 3. The largest absolute Gasteiger partial charge is 0.416 e. The van der Waals surface area contributed by atoms with Gasteiger partial charge in [-0.2, -0.15) is 13.2 Å². The molecule has 0 saturated carbocycles. The molecular weight excluding hydrogens is 579 g/mol. The van der Waals surface area contributed by atoms with Crippen LogP contribution in [-0.4, -0.2) is 31.4 Å². The number of nitrogens with zero attached hydrogens (tertiary/aromatic N) is 4. The highest BCUT2D eigenvalue weighted by Gasteiger charge is 2.31. The average molecular weight is 600 g/mol. The molecule has 1 N–H and O–H groups in total. The summed E-state index contributed by atoms with van der Waals surface area (Å²) in [7, 11) is 0. The Morgan fingerprint density at radius 2 is 1.80 bits per heavy atom. The van der Waals surface area contributed by atoms with Crippen molar-refractivity contribution in [2.24, 2.45) is 0 Å². The Kier molecular flexibility index (Phi) is 8.24. The number of para-hydroxylation sites is 1. The van der Waals surface area contributed by atoms with Gasteiger partial charge in [-0.25, -0.2) is 4.98 Å². The first-order valence-corrected chi connectivity index (χ1v) is 14.2. The number of rotatable bonds is 8. The van der Waals surface area contributed by atoms with E-state index in [2.05, 4.69) is 20.5 Å². The highest BCUT2D eigenvalue weighted by molar-refractivity contribution is 7.99. The number of amides is 1. The van der Waals surface area contributed by atoms with E-state index in [0.29, 0.717) is 26.6 Å². The maximum atomic E-state index is 13.1. The lowest BCUT2D eigenvalue weighted by Crippen LogP contribution is -2.14. The molecule has 1 amide bonds. The first-order valence-electron chi connectivity index (χ1n) is 12.0. The molecule has 0 aliphatic carbocycles. The van der Waals surface area contributed by atoms with Crippen LogP contribution in [0.25, 0.3) is 17.1 Å². The average Bonchev–Trinajstić information content (AvgIpc) is 3.55. The van der Waals surface area contributed by atoms with Crippen LogP contribution in [0.5, 0.6) is 0 Å². The lowest BCUT2D eigenvalue weighted by Gasteiger charge is -2.12. The zero-order valence-corrected chi connectivity index (χ0v) is 23.3. The molecule has 0 spiro atoms. The molecule has 3 aromatic carbocycles. The van der Waals surface area contributed by atoms with Crippen LogP contribution < -0.4 is 5.32 Å². The first kappa shape index (κ1) is 27.9. The number of alkyl halides is 3. The van der Waals surface area contributed by atoms with E-state index < -0.39 is 11.7 Å². The minimum atomic E-state index is -4.46. The molecule has 0 fully saturated rings. The van der Waals surface area contributed by atoms with Gasteiger partial charge in [0.2, 0.25) is 5.91 Å². The third-order valence-electron chi connectivity index (χ3n) is 5.89. The van der Waals surface area contributed by atoms with E-state index in [9.17, 15) is 18.0 Å². The zero-order valence-electron chi connectivity index (χ0n) is 20.9. The molecule has 2 heterocycles. The zero-order chi connectivity index (χ0) is 28.3. The summed E-state index contributed by atoms with van der Waals surface area (Å²) in [4.78, 5) is 17.7. The van der Waals surface area contributed by atoms with Gasteiger partial charge in [-0.1, -0.05) is 71.9 Å². The van der Waals surface area contributed by atoms with Crippen molar-refractivity contribution in [2.45, 2.75) is 24.7 Å². The number of halogens is 4. The quantitative estimate of drug-likeness (QED) is 0.185. The number of thioether (sulfide) groups is 1. The van der Waals surface area contributed by atoms with Gasteiger partial charge >= 0.3 is 6.18 Å². The van der Waals surface area contributed by atoms with Crippen molar-refractivity contribution >= 4 is 45.7 Å². The normalized spacial score (nSPS) is 11.5. The summed E-state index contributed by atoms with van der Waals surface area (Å²) in [6, 6.07) is 20.8. The second-order valence-corrected chi connectivity index (χ2v) is 11.2. The van der Waals surface area contributed by atoms with E-state index in [4.69, 9.17) is 11.6 Å². The summed E-state index contributed by atoms with van der Waals surface area (Å²) >= 11 is 8.54. The molecular formula is C28H21ClF3N5OS2. The Morgan fingerprint density at radius 3 is 2.55 bits per heavy atom. The summed E-state index contributed by atoms with van der Waals surface area (Å²) in [5, 5.41) is 12.7. The molecule has 2 aromatic heterocycles. The van der Waals surface area contributed by atoms with Gasteiger partial charge in [0.25, 0.3) is 0 Å². The third kappa shape index (κ3) is 6.38. The van der Waals surface area contributed by atoms with Crippen molar-refractivity contribution in [3.8, 4) is 17.1 Å². The van der Waals surface area contributed by atoms with E-state index in [0.717, 1.165) is 28.9 Å². The second kappa shape index (κ2) is 11.8. The molecule has 6 nitrogen and oxygen atoms in total. The number of hydrogen-bond donors (Lipinski definition) is 1. The van der Waals surface area contributed by atoms with Gasteiger partial charge in [-0.05, 0) is 42.3 Å². The Labute approximate surface area is 241 Å². The van der Waals surface area contributed by atoms with E-state index in [-0.39, 0.29) is 23.1 Å². The van der Waals surface area contributed by atoms with Gasteiger partial charge in [0, 0.05) is 28.1 Å². The van der Waals surface area contributed by atoms with Gasteiger partial charge < -0.3 is 5.32 Å². The fourth-order valence-electron chi connectivity index (χ4n) is 3.98. The maximum absolute atomic E-state index is 13.1. The van der Waals surface area contributed by atoms with Crippen molar-refractivity contribution in [3.05, 3.63) is 106 Å². The Bertz CT molecular complexity index is 1650. The number of hydrogen-bond acceptors (Lipinski definition) is 6. The van der Waals surface area contributed by atoms with Crippen molar-refractivity contribution in [1.29, 1.82) is 0 Å². The predicted molar refractivity (Wildman–Crippen MR) is 152 cm³/mol. The highest BCUT2D eigenvalue weighted by Crippen LogP contribution is 2.34. The van der Waals surface area contributed by atoms with E-state index in [1.165, 1.54) is 35.4 Å². The molecule has 5 rings (SSSR count). The first-order chi connectivity index (χ1) is 19.2. The lowest BCUT2D eigenvalue weighted by atomic mass is 10.1. The van der Waals surface area contributed by atoms with Crippen LogP contribution in [0.4, 0.5) is 18.3 Å². The van der Waals surface area contributed by atoms with Crippen LogP contribution in [-0.2, 0) is 17.4 Å². The monoisotopic (exact) mass is 599 g/mol. The Morgan fingerprint density at radius 1 is 1.05 bits per heavy atom. The van der Waals surface area contributed by atoms with Crippen molar-refractivity contribution in [1.82, 2.24) is 19.7 Å². The number of anilines is 1. The fraction of sp³-hybridized carbons (Fsp3) is 0.143. The Hall–Kier alpha value is -3.67. The van der Waals surface area contributed by atoms with E-state index in [1.807, 2.05) is 66.1 Å². The molecule has 0 bridgehead atoms. The lowest BCUT2D eigenvalue weighted by molar-refractivity contribution is -0.137. The van der Waals surface area contributed by atoms with Gasteiger partial charge in [0.1, 0.15) is 0 Å². The second-order valence-electron chi connectivity index (χ2n) is 8.74. The predicted octanol–water partition coefficient (Wildman–Crippen LogP) is 7.69. The molecule has 0 saturated heterocycles.